The number of aliphatic hydroxyl groups is 1. The first-order chi connectivity index (χ1) is 10.1. The molecule has 0 saturated carbocycles. The Morgan fingerprint density at radius 3 is 1.90 bits per heavy atom. The summed E-state index contributed by atoms with van der Waals surface area (Å²) in [5, 5.41) is 9.40. The molecule has 2 rings (SSSR count). The smallest absolute Gasteiger partial charge is 0.366 e. The number of hydrogen-bond acceptors (Lipinski definition) is 4. The minimum Gasteiger partial charge on any atom is -0.373 e. The van der Waals surface area contributed by atoms with E-state index >= 15 is 0 Å². The molecule has 112 valence electrons. The minimum absolute atomic E-state index is 0.136. The zero-order chi connectivity index (χ0) is 15.3. The molecule has 5 heteroatoms. The van der Waals surface area contributed by atoms with E-state index in [1.165, 1.54) is 14.2 Å². The molecule has 0 saturated heterocycles. The molecule has 1 atom stereocenters. The Labute approximate surface area is 124 Å². The van der Waals surface area contributed by atoms with Crippen molar-refractivity contribution in [2.45, 2.75) is 11.8 Å². The maximum absolute atomic E-state index is 12.9. The third kappa shape index (κ3) is 3.09. The summed E-state index contributed by atoms with van der Waals surface area (Å²) in [5.41, 5.74) is 1.35. The van der Waals surface area contributed by atoms with Gasteiger partial charge in [-0.3, -0.25) is 4.57 Å². The van der Waals surface area contributed by atoms with Crippen LogP contribution in [0.5, 0.6) is 0 Å². The van der Waals surface area contributed by atoms with Gasteiger partial charge in [-0.15, -0.1) is 0 Å². The second-order valence-electron chi connectivity index (χ2n) is 4.71. The number of hydrogen-bond donors (Lipinski definition) is 1. The van der Waals surface area contributed by atoms with Crippen molar-refractivity contribution in [1.82, 2.24) is 0 Å². The van der Waals surface area contributed by atoms with Crippen molar-refractivity contribution in [3.8, 4) is 0 Å². The van der Waals surface area contributed by atoms with E-state index in [1.54, 1.807) is 24.3 Å². The van der Waals surface area contributed by atoms with Gasteiger partial charge in [0.05, 0.1) is 0 Å². The Kier molecular flexibility index (Phi) is 4.96. The van der Waals surface area contributed by atoms with Crippen LogP contribution in [0.4, 0.5) is 0 Å². The molecule has 0 radical (unpaired) electrons. The Morgan fingerprint density at radius 2 is 1.43 bits per heavy atom. The second-order valence-corrected chi connectivity index (χ2v) is 7.17. The van der Waals surface area contributed by atoms with Gasteiger partial charge in [0, 0.05) is 20.6 Å². The second kappa shape index (κ2) is 6.54. The van der Waals surface area contributed by atoms with Crippen LogP contribution < -0.4 is 0 Å². The van der Waals surface area contributed by atoms with Crippen molar-refractivity contribution < 1.29 is 18.7 Å². The molecular weight excluding hydrogens is 287 g/mol. The lowest BCUT2D eigenvalue weighted by molar-refractivity contribution is 0.0767. The molecule has 0 aromatic heterocycles. The van der Waals surface area contributed by atoms with Crippen LogP contribution in [-0.2, 0) is 25.4 Å². The van der Waals surface area contributed by atoms with Gasteiger partial charge in [0.25, 0.3) is 0 Å². The van der Waals surface area contributed by atoms with Crippen molar-refractivity contribution in [2.75, 3.05) is 14.2 Å². The Hall–Kier alpha value is -1.45. The summed E-state index contributed by atoms with van der Waals surface area (Å²) in [6.45, 7) is 0. The minimum atomic E-state index is -3.73. The predicted octanol–water partition coefficient (Wildman–Crippen LogP) is 3.56. The Morgan fingerprint density at radius 1 is 0.952 bits per heavy atom. The highest BCUT2D eigenvalue weighted by atomic mass is 31.2. The summed E-state index contributed by atoms with van der Waals surface area (Å²) in [4.78, 5) is 0. The summed E-state index contributed by atoms with van der Waals surface area (Å²) in [7, 11) is -1.17. The van der Waals surface area contributed by atoms with Gasteiger partial charge in [-0.2, -0.15) is 0 Å². The first-order valence-electron chi connectivity index (χ1n) is 6.59. The SMILES string of the molecule is COP(=O)(OC)C(O)(Cc1ccccc1)c1ccccc1. The Bertz CT molecular complexity index is 607. The molecule has 0 amide bonds. The van der Waals surface area contributed by atoms with Gasteiger partial charge in [-0.25, -0.2) is 0 Å². The van der Waals surface area contributed by atoms with Crippen molar-refractivity contribution in [1.29, 1.82) is 0 Å². The van der Waals surface area contributed by atoms with Crippen LogP contribution >= 0.6 is 7.60 Å². The number of benzene rings is 2. The fourth-order valence-corrected chi connectivity index (χ4v) is 3.91. The average molecular weight is 306 g/mol. The number of rotatable bonds is 6. The first-order valence-corrected chi connectivity index (χ1v) is 8.13. The average Bonchev–Trinajstić information content (AvgIpc) is 2.55. The first kappa shape index (κ1) is 15.9. The molecule has 2 aromatic carbocycles. The summed E-state index contributed by atoms with van der Waals surface area (Å²) in [6.07, 6.45) is 0.136. The van der Waals surface area contributed by atoms with Crippen LogP contribution in [0.2, 0.25) is 0 Å². The molecule has 0 aliphatic heterocycles. The maximum atomic E-state index is 12.9. The summed E-state index contributed by atoms with van der Waals surface area (Å²) < 4.78 is 23.0. The van der Waals surface area contributed by atoms with Gasteiger partial charge in [0.1, 0.15) is 0 Å². The van der Waals surface area contributed by atoms with Crippen LogP contribution in [0, 0.1) is 0 Å². The molecule has 4 nitrogen and oxygen atoms in total. The molecule has 0 spiro atoms. The quantitative estimate of drug-likeness (QED) is 0.829. The molecule has 0 bridgehead atoms. The monoisotopic (exact) mass is 306 g/mol. The lowest BCUT2D eigenvalue weighted by Gasteiger charge is -2.33. The molecule has 1 N–H and O–H groups in total. The molecule has 1 unspecified atom stereocenters. The van der Waals surface area contributed by atoms with Crippen molar-refractivity contribution in [3.63, 3.8) is 0 Å². The van der Waals surface area contributed by atoms with Crippen LogP contribution in [0.3, 0.4) is 0 Å². The normalized spacial score (nSPS) is 14.6. The third-order valence-corrected chi connectivity index (χ3v) is 5.75. The van der Waals surface area contributed by atoms with Gasteiger partial charge >= 0.3 is 7.60 Å². The standard InChI is InChI=1S/C16H19O4P/c1-19-21(18,20-2)16(17,15-11-7-4-8-12-15)13-14-9-5-3-6-10-14/h3-12,17H,13H2,1-2H3. The van der Waals surface area contributed by atoms with E-state index in [0.29, 0.717) is 5.56 Å². The highest BCUT2D eigenvalue weighted by molar-refractivity contribution is 7.54. The van der Waals surface area contributed by atoms with E-state index in [1.807, 2.05) is 36.4 Å². The molecule has 0 heterocycles. The fourth-order valence-electron chi connectivity index (χ4n) is 2.32. The van der Waals surface area contributed by atoms with E-state index < -0.39 is 12.9 Å². The summed E-state index contributed by atoms with van der Waals surface area (Å²) >= 11 is 0. The highest BCUT2D eigenvalue weighted by Crippen LogP contribution is 2.63. The van der Waals surface area contributed by atoms with Crippen LogP contribution in [0.1, 0.15) is 11.1 Å². The zero-order valence-electron chi connectivity index (χ0n) is 12.1. The topological polar surface area (TPSA) is 55.8 Å². The summed E-state index contributed by atoms with van der Waals surface area (Å²) in [5.74, 6) is 0. The molecule has 0 fully saturated rings. The van der Waals surface area contributed by atoms with Crippen molar-refractivity contribution in [3.05, 3.63) is 71.8 Å². The molecule has 0 aliphatic carbocycles. The van der Waals surface area contributed by atoms with Gasteiger partial charge < -0.3 is 14.2 Å². The van der Waals surface area contributed by atoms with Crippen molar-refractivity contribution >= 4 is 7.60 Å². The summed E-state index contributed by atoms with van der Waals surface area (Å²) in [6, 6.07) is 18.2. The fraction of sp³-hybridized carbons (Fsp3) is 0.250. The van der Waals surface area contributed by atoms with E-state index in [2.05, 4.69) is 0 Å². The molecule has 0 aliphatic rings. The van der Waals surface area contributed by atoms with E-state index in [0.717, 1.165) is 5.56 Å². The highest BCUT2D eigenvalue weighted by Gasteiger charge is 2.50. The van der Waals surface area contributed by atoms with Crippen LogP contribution in [0.15, 0.2) is 60.7 Å². The molecular formula is C16H19O4P. The van der Waals surface area contributed by atoms with Crippen molar-refractivity contribution in [2.24, 2.45) is 0 Å². The lowest BCUT2D eigenvalue weighted by Crippen LogP contribution is -2.30. The van der Waals surface area contributed by atoms with E-state index in [-0.39, 0.29) is 6.42 Å². The molecule has 21 heavy (non-hydrogen) atoms. The van der Waals surface area contributed by atoms with E-state index in [9.17, 15) is 9.67 Å². The van der Waals surface area contributed by atoms with E-state index in [4.69, 9.17) is 9.05 Å². The predicted molar refractivity (Wildman–Crippen MR) is 82.1 cm³/mol. The lowest BCUT2D eigenvalue weighted by atomic mass is 10.0. The van der Waals surface area contributed by atoms with Gasteiger partial charge in [0.15, 0.2) is 5.34 Å². The Balaban J connectivity index is 2.52. The van der Waals surface area contributed by atoms with Gasteiger partial charge in [0.2, 0.25) is 0 Å². The van der Waals surface area contributed by atoms with Crippen LogP contribution in [-0.4, -0.2) is 19.3 Å². The zero-order valence-corrected chi connectivity index (χ0v) is 13.0. The van der Waals surface area contributed by atoms with Gasteiger partial charge in [-0.1, -0.05) is 60.7 Å². The van der Waals surface area contributed by atoms with Gasteiger partial charge in [-0.05, 0) is 11.1 Å². The maximum Gasteiger partial charge on any atom is 0.366 e. The third-order valence-electron chi connectivity index (χ3n) is 3.46. The largest absolute Gasteiger partial charge is 0.373 e. The van der Waals surface area contributed by atoms with Crippen LogP contribution in [0.25, 0.3) is 0 Å². The molecule has 2 aromatic rings.